The maximum absolute atomic E-state index is 11.8. The van der Waals surface area contributed by atoms with E-state index in [0.29, 0.717) is 6.42 Å². The average molecular weight is 353 g/mol. The first-order chi connectivity index (χ1) is 11.5. The molecule has 2 fully saturated rings. The summed E-state index contributed by atoms with van der Waals surface area (Å²) in [6.45, 7) is 10.1. The zero-order valence-corrected chi connectivity index (χ0v) is 15.4. The van der Waals surface area contributed by atoms with Crippen molar-refractivity contribution in [2.24, 2.45) is 0 Å². The number of sulfone groups is 1. The molecule has 1 unspecified atom stereocenters. The second-order valence-electron chi connectivity index (χ2n) is 6.50. The molecule has 2 aliphatic heterocycles. The van der Waals surface area contributed by atoms with E-state index in [1.807, 2.05) is 13.0 Å². The summed E-state index contributed by atoms with van der Waals surface area (Å²) in [5, 5.41) is 0. The monoisotopic (exact) mass is 353 g/mol. The van der Waals surface area contributed by atoms with Crippen molar-refractivity contribution < 1.29 is 8.42 Å². The quantitative estimate of drug-likeness (QED) is 0.769. The van der Waals surface area contributed by atoms with Crippen LogP contribution < -0.4 is 9.80 Å². The molecule has 8 heteroatoms. The van der Waals surface area contributed by atoms with Crippen LogP contribution >= 0.6 is 0 Å². The lowest BCUT2D eigenvalue weighted by Crippen LogP contribution is -2.46. The van der Waals surface area contributed by atoms with Gasteiger partial charge in [0, 0.05) is 44.8 Å². The van der Waals surface area contributed by atoms with Crippen LogP contribution in [0.25, 0.3) is 0 Å². The molecule has 134 valence electrons. The van der Waals surface area contributed by atoms with Gasteiger partial charge in [-0.1, -0.05) is 6.92 Å². The average Bonchev–Trinajstić information content (AvgIpc) is 2.95. The third-order valence-electron chi connectivity index (χ3n) is 5.07. The summed E-state index contributed by atoms with van der Waals surface area (Å²) < 4.78 is 23.6. The molecular weight excluding hydrogens is 326 g/mol. The number of nitrogens with zero attached hydrogens (tertiary/aromatic N) is 5. The molecule has 1 aromatic heterocycles. The van der Waals surface area contributed by atoms with Crippen molar-refractivity contribution in [3.63, 3.8) is 0 Å². The van der Waals surface area contributed by atoms with Gasteiger partial charge in [-0.15, -0.1) is 0 Å². The van der Waals surface area contributed by atoms with Crippen LogP contribution in [0.1, 0.15) is 20.3 Å². The fourth-order valence-electron chi connectivity index (χ4n) is 3.59. The molecular formula is C16H27N5O2S. The van der Waals surface area contributed by atoms with E-state index in [4.69, 9.17) is 0 Å². The smallest absolute Gasteiger partial charge is 0.152 e. The van der Waals surface area contributed by atoms with Crippen molar-refractivity contribution in [2.45, 2.75) is 26.3 Å². The van der Waals surface area contributed by atoms with Crippen molar-refractivity contribution in [3.05, 3.63) is 12.4 Å². The van der Waals surface area contributed by atoms with Gasteiger partial charge < -0.3 is 14.7 Å². The van der Waals surface area contributed by atoms with E-state index < -0.39 is 9.84 Å². The number of hydrogen-bond donors (Lipinski definition) is 0. The van der Waals surface area contributed by atoms with Crippen LogP contribution in [0.4, 0.5) is 11.6 Å². The molecule has 7 nitrogen and oxygen atoms in total. The van der Waals surface area contributed by atoms with Crippen LogP contribution in [-0.4, -0.2) is 80.1 Å². The zero-order chi connectivity index (χ0) is 17.2. The van der Waals surface area contributed by atoms with Gasteiger partial charge in [0.05, 0.1) is 11.5 Å². The van der Waals surface area contributed by atoms with E-state index in [1.54, 1.807) is 6.33 Å². The predicted octanol–water partition coefficient (Wildman–Crippen LogP) is 0.632. The van der Waals surface area contributed by atoms with E-state index in [0.717, 1.165) is 50.9 Å². The Morgan fingerprint density at radius 3 is 2.54 bits per heavy atom. The maximum Gasteiger partial charge on any atom is 0.152 e. The van der Waals surface area contributed by atoms with Crippen molar-refractivity contribution in [2.75, 3.05) is 60.6 Å². The molecule has 2 saturated heterocycles. The van der Waals surface area contributed by atoms with Crippen molar-refractivity contribution >= 4 is 21.5 Å². The molecule has 24 heavy (non-hydrogen) atoms. The van der Waals surface area contributed by atoms with Gasteiger partial charge in [-0.05, 0) is 19.9 Å². The maximum atomic E-state index is 11.8. The summed E-state index contributed by atoms with van der Waals surface area (Å²) in [6.07, 6.45) is 2.29. The molecule has 0 spiro atoms. The number of anilines is 2. The molecule has 0 N–H and O–H groups in total. The van der Waals surface area contributed by atoms with Crippen LogP contribution in [0.5, 0.6) is 0 Å². The third kappa shape index (κ3) is 3.80. The molecule has 2 aliphatic rings. The Bertz CT molecular complexity index is 658. The van der Waals surface area contributed by atoms with Crippen LogP contribution in [0.15, 0.2) is 12.4 Å². The molecule has 0 radical (unpaired) electrons. The minimum Gasteiger partial charge on any atom is -0.354 e. The third-order valence-corrected chi connectivity index (χ3v) is 6.82. The molecule has 1 aromatic rings. The highest BCUT2D eigenvalue weighted by molar-refractivity contribution is 7.91. The summed E-state index contributed by atoms with van der Waals surface area (Å²) in [6, 6.07) is 2.04. The second-order valence-corrected chi connectivity index (χ2v) is 8.73. The normalized spacial score (nSPS) is 24.2. The molecule has 0 aliphatic carbocycles. The summed E-state index contributed by atoms with van der Waals surface area (Å²) in [5.74, 6) is 2.29. The fourth-order valence-corrected chi connectivity index (χ4v) is 5.32. The summed E-state index contributed by atoms with van der Waals surface area (Å²) >= 11 is 0. The van der Waals surface area contributed by atoms with Crippen LogP contribution in [-0.2, 0) is 9.84 Å². The number of hydrogen-bond acceptors (Lipinski definition) is 7. The standard InChI is InChI=1S/C16H27N5O2S/c1-3-19-6-8-20(9-7-19)15-11-16(18-13-17-15)21(4-2)14-5-10-24(22,23)12-14/h11,13-14H,3-10,12H2,1-2H3. The van der Waals surface area contributed by atoms with Crippen LogP contribution in [0, 0.1) is 0 Å². The van der Waals surface area contributed by atoms with Crippen molar-refractivity contribution in [1.82, 2.24) is 14.9 Å². The van der Waals surface area contributed by atoms with Gasteiger partial charge in [0.15, 0.2) is 9.84 Å². The minimum absolute atomic E-state index is 0.0275. The molecule has 0 amide bonds. The Morgan fingerprint density at radius 2 is 1.96 bits per heavy atom. The van der Waals surface area contributed by atoms with Gasteiger partial charge in [0.2, 0.25) is 0 Å². The Balaban J connectivity index is 1.74. The minimum atomic E-state index is -2.90. The summed E-state index contributed by atoms with van der Waals surface area (Å²) in [5.41, 5.74) is 0. The zero-order valence-electron chi connectivity index (χ0n) is 14.6. The highest BCUT2D eigenvalue weighted by atomic mass is 32.2. The first-order valence-electron chi connectivity index (χ1n) is 8.79. The van der Waals surface area contributed by atoms with E-state index in [9.17, 15) is 8.42 Å². The van der Waals surface area contributed by atoms with E-state index in [1.165, 1.54) is 0 Å². The topological polar surface area (TPSA) is 69.6 Å². The van der Waals surface area contributed by atoms with Gasteiger partial charge in [-0.25, -0.2) is 18.4 Å². The molecule has 3 rings (SSSR count). The van der Waals surface area contributed by atoms with Gasteiger partial charge >= 0.3 is 0 Å². The molecule has 0 aromatic carbocycles. The molecule has 3 heterocycles. The largest absolute Gasteiger partial charge is 0.354 e. The Labute approximate surface area is 144 Å². The number of likely N-dealkylation sites (N-methyl/N-ethyl adjacent to an activating group) is 1. The summed E-state index contributed by atoms with van der Waals surface area (Å²) in [4.78, 5) is 15.7. The fraction of sp³-hybridized carbons (Fsp3) is 0.750. The molecule has 1 atom stereocenters. The van der Waals surface area contributed by atoms with E-state index in [2.05, 4.69) is 31.6 Å². The highest BCUT2D eigenvalue weighted by Crippen LogP contribution is 2.25. The van der Waals surface area contributed by atoms with E-state index >= 15 is 0 Å². The van der Waals surface area contributed by atoms with Gasteiger partial charge in [0.1, 0.15) is 18.0 Å². The Morgan fingerprint density at radius 1 is 1.21 bits per heavy atom. The number of rotatable bonds is 5. The van der Waals surface area contributed by atoms with Crippen molar-refractivity contribution in [1.29, 1.82) is 0 Å². The van der Waals surface area contributed by atoms with Crippen LogP contribution in [0.2, 0.25) is 0 Å². The highest BCUT2D eigenvalue weighted by Gasteiger charge is 2.32. The molecule has 0 bridgehead atoms. The lowest BCUT2D eigenvalue weighted by molar-refractivity contribution is 0.270. The van der Waals surface area contributed by atoms with Crippen molar-refractivity contribution in [3.8, 4) is 0 Å². The predicted molar refractivity (Wildman–Crippen MR) is 96.4 cm³/mol. The van der Waals surface area contributed by atoms with Gasteiger partial charge in [-0.2, -0.15) is 0 Å². The SMILES string of the molecule is CCN1CCN(c2cc(N(CC)C3CCS(=O)(=O)C3)ncn2)CC1. The Hall–Kier alpha value is -1.41. The lowest BCUT2D eigenvalue weighted by Gasteiger charge is -2.35. The first-order valence-corrected chi connectivity index (χ1v) is 10.6. The second kappa shape index (κ2) is 7.23. The number of piperazine rings is 1. The summed E-state index contributed by atoms with van der Waals surface area (Å²) in [7, 11) is -2.90. The Kier molecular flexibility index (Phi) is 5.24. The number of aromatic nitrogens is 2. The lowest BCUT2D eigenvalue weighted by atomic mass is 10.2. The van der Waals surface area contributed by atoms with Crippen LogP contribution in [0.3, 0.4) is 0 Å². The van der Waals surface area contributed by atoms with Gasteiger partial charge in [-0.3, -0.25) is 0 Å². The first kappa shape index (κ1) is 17.4. The van der Waals surface area contributed by atoms with E-state index in [-0.39, 0.29) is 17.5 Å². The van der Waals surface area contributed by atoms with Gasteiger partial charge in [0.25, 0.3) is 0 Å². The molecule has 0 saturated carbocycles.